The number of halogens is 2. The van der Waals surface area contributed by atoms with Crippen LogP contribution in [0.2, 0.25) is 0 Å². The third-order valence-electron chi connectivity index (χ3n) is 4.82. The molecule has 0 radical (unpaired) electrons. The van der Waals surface area contributed by atoms with Gasteiger partial charge in [-0.05, 0) is 49.0 Å². The molecule has 1 saturated heterocycles. The van der Waals surface area contributed by atoms with Crippen LogP contribution in [0.4, 0.5) is 15.8 Å². The molecule has 0 spiro atoms. The number of rotatable bonds is 6. The Morgan fingerprint density at radius 2 is 1.79 bits per heavy atom. The van der Waals surface area contributed by atoms with Gasteiger partial charge in [-0.15, -0.1) is 0 Å². The molecule has 1 fully saturated rings. The number of anilines is 2. The van der Waals surface area contributed by atoms with Gasteiger partial charge in [0.15, 0.2) is 6.61 Å². The second-order valence-corrected chi connectivity index (χ2v) is 7.63. The van der Waals surface area contributed by atoms with Crippen LogP contribution >= 0.6 is 15.9 Å². The molecule has 3 rings (SSSR count). The molecule has 1 aliphatic heterocycles. The van der Waals surface area contributed by atoms with Crippen LogP contribution in [0, 0.1) is 5.82 Å². The van der Waals surface area contributed by atoms with E-state index in [0.29, 0.717) is 10.2 Å². The number of hydrogen-bond donors (Lipinski definition) is 1. The van der Waals surface area contributed by atoms with Crippen molar-refractivity contribution in [2.24, 2.45) is 0 Å². The van der Waals surface area contributed by atoms with Gasteiger partial charge in [-0.25, -0.2) is 9.18 Å². The Bertz CT molecular complexity index is 868. The van der Waals surface area contributed by atoms with Crippen molar-refractivity contribution in [3.05, 3.63) is 58.3 Å². The number of carbonyl (C=O) groups excluding carboxylic acids is 2. The Kier molecular flexibility index (Phi) is 7.22. The van der Waals surface area contributed by atoms with Gasteiger partial charge in [0, 0.05) is 42.0 Å². The van der Waals surface area contributed by atoms with E-state index in [4.69, 9.17) is 4.74 Å². The van der Waals surface area contributed by atoms with Crippen LogP contribution in [-0.2, 0) is 9.53 Å². The summed E-state index contributed by atoms with van der Waals surface area (Å²) < 4.78 is 19.2. The fourth-order valence-electron chi connectivity index (χ4n) is 3.14. The summed E-state index contributed by atoms with van der Waals surface area (Å²) >= 11 is 3.17. The molecule has 2 aromatic carbocycles. The molecule has 0 atom stereocenters. The lowest BCUT2D eigenvalue weighted by Crippen LogP contribution is -2.46. The number of ether oxygens (including phenoxy) is 1. The lowest BCUT2D eigenvalue weighted by Gasteiger charge is -2.35. The minimum Gasteiger partial charge on any atom is -0.452 e. The highest BCUT2D eigenvalue weighted by Gasteiger charge is 2.17. The number of amides is 1. The van der Waals surface area contributed by atoms with Gasteiger partial charge in [0.05, 0.1) is 5.56 Å². The molecule has 154 valence electrons. The van der Waals surface area contributed by atoms with Crippen molar-refractivity contribution < 1.29 is 18.7 Å². The van der Waals surface area contributed by atoms with Crippen LogP contribution in [0.3, 0.4) is 0 Å². The summed E-state index contributed by atoms with van der Waals surface area (Å²) in [5, 5.41) is 2.68. The zero-order chi connectivity index (χ0) is 20.8. The highest BCUT2D eigenvalue weighted by molar-refractivity contribution is 9.10. The second-order valence-electron chi connectivity index (χ2n) is 6.72. The Morgan fingerprint density at radius 1 is 1.10 bits per heavy atom. The lowest BCUT2D eigenvalue weighted by atomic mass is 10.2. The van der Waals surface area contributed by atoms with Gasteiger partial charge in [0.25, 0.3) is 5.91 Å². The van der Waals surface area contributed by atoms with E-state index < -0.39 is 24.3 Å². The number of nitrogens with zero attached hydrogens (tertiary/aromatic N) is 2. The van der Waals surface area contributed by atoms with Crippen LogP contribution in [0.15, 0.2) is 46.9 Å². The molecule has 0 bridgehead atoms. The number of esters is 1. The maximum absolute atomic E-state index is 13.7. The summed E-state index contributed by atoms with van der Waals surface area (Å²) in [4.78, 5) is 28.7. The molecule has 1 aliphatic rings. The first-order valence-corrected chi connectivity index (χ1v) is 10.2. The van der Waals surface area contributed by atoms with E-state index in [1.807, 2.05) is 24.3 Å². The number of benzene rings is 2. The van der Waals surface area contributed by atoms with Crippen molar-refractivity contribution >= 4 is 39.2 Å². The van der Waals surface area contributed by atoms with E-state index in [1.165, 1.54) is 12.1 Å². The molecule has 8 heteroatoms. The topological polar surface area (TPSA) is 61.9 Å². The van der Waals surface area contributed by atoms with Crippen LogP contribution in [0.5, 0.6) is 0 Å². The van der Waals surface area contributed by atoms with Crippen LogP contribution in [0.1, 0.15) is 17.3 Å². The molecule has 0 aromatic heterocycles. The summed E-state index contributed by atoms with van der Waals surface area (Å²) in [6, 6.07) is 11.5. The van der Waals surface area contributed by atoms with E-state index in [1.54, 1.807) is 0 Å². The fraction of sp³-hybridized carbons (Fsp3) is 0.333. The zero-order valence-electron chi connectivity index (χ0n) is 16.2. The molecule has 1 N–H and O–H groups in total. The summed E-state index contributed by atoms with van der Waals surface area (Å²) in [5.41, 5.74) is 1.49. The molecule has 0 saturated carbocycles. The van der Waals surface area contributed by atoms with Gasteiger partial charge in [0.1, 0.15) is 5.82 Å². The summed E-state index contributed by atoms with van der Waals surface area (Å²) in [6.45, 7) is 6.77. The van der Waals surface area contributed by atoms with E-state index in [2.05, 4.69) is 38.0 Å². The first-order chi connectivity index (χ1) is 14.0. The molecule has 2 aromatic rings. The largest absolute Gasteiger partial charge is 0.452 e. The highest BCUT2D eigenvalue weighted by Crippen LogP contribution is 2.20. The molecule has 1 amide bonds. The molecule has 1 heterocycles. The Morgan fingerprint density at radius 3 is 2.45 bits per heavy atom. The van der Waals surface area contributed by atoms with Crippen LogP contribution in [0.25, 0.3) is 0 Å². The normalized spacial score (nSPS) is 14.5. The summed E-state index contributed by atoms with van der Waals surface area (Å²) in [7, 11) is 0. The van der Waals surface area contributed by atoms with Crippen molar-refractivity contribution in [1.82, 2.24) is 4.90 Å². The molecule has 0 unspecified atom stereocenters. The van der Waals surface area contributed by atoms with Crippen molar-refractivity contribution in [3.63, 3.8) is 0 Å². The van der Waals surface area contributed by atoms with Gasteiger partial charge in [-0.1, -0.05) is 22.9 Å². The van der Waals surface area contributed by atoms with Gasteiger partial charge in [-0.3, -0.25) is 4.79 Å². The Labute approximate surface area is 177 Å². The van der Waals surface area contributed by atoms with Gasteiger partial charge in [-0.2, -0.15) is 0 Å². The maximum atomic E-state index is 13.7. The summed E-state index contributed by atoms with van der Waals surface area (Å²) in [6.07, 6.45) is 0. The van der Waals surface area contributed by atoms with Gasteiger partial charge < -0.3 is 19.9 Å². The van der Waals surface area contributed by atoms with Crippen molar-refractivity contribution in [3.8, 4) is 0 Å². The fourth-order valence-corrected chi connectivity index (χ4v) is 3.50. The molecule has 29 heavy (non-hydrogen) atoms. The van der Waals surface area contributed by atoms with E-state index in [9.17, 15) is 14.0 Å². The zero-order valence-corrected chi connectivity index (χ0v) is 17.7. The van der Waals surface area contributed by atoms with Crippen LogP contribution in [-0.4, -0.2) is 56.1 Å². The van der Waals surface area contributed by atoms with Crippen molar-refractivity contribution in [2.45, 2.75) is 6.92 Å². The maximum Gasteiger partial charge on any atom is 0.341 e. The third kappa shape index (κ3) is 5.77. The van der Waals surface area contributed by atoms with E-state index >= 15 is 0 Å². The van der Waals surface area contributed by atoms with E-state index in [0.717, 1.165) is 44.5 Å². The molecular weight excluding hydrogens is 441 g/mol. The number of piperazine rings is 1. The lowest BCUT2D eigenvalue weighted by molar-refractivity contribution is -0.119. The first-order valence-electron chi connectivity index (χ1n) is 9.45. The standard InChI is InChI=1S/C21H23BrFN3O3/c1-2-25-9-11-26(12-10-25)17-6-4-16(5-7-17)24-20(27)14-29-21(28)18-13-15(22)3-8-19(18)23/h3-8,13H,2,9-12,14H2,1H3,(H,24,27). The van der Waals surface area contributed by atoms with Gasteiger partial charge in [0.2, 0.25) is 0 Å². The van der Waals surface area contributed by atoms with Crippen LogP contribution < -0.4 is 10.2 Å². The van der Waals surface area contributed by atoms with Crippen molar-refractivity contribution in [2.75, 3.05) is 49.5 Å². The predicted molar refractivity (Wildman–Crippen MR) is 114 cm³/mol. The van der Waals surface area contributed by atoms with Gasteiger partial charge >= 0.3 is 5.97 Å². The quantitative estimate of drug-likeness (QED) is 0.663. The van der Waals surface area contributed by atoms with E-state index in [-0.39, 0.29) is 5.56 Å². The second kappa shape index (κ2) is 9.84. The predicted octanol–water partition coefficient (Wildman–Crippen LogP) is 3.53. The average Bonchev–Trinajstić information content (AvgIpc) is 2.74. The SMILES string of the molecule is CCN1CCN(c2ccc(NC(=O)COC(=O)c3cc(Br)ccc3F)cc2)CC1. The Hall–Kier alpha value is -2.45. The molecular formula is C21H23BrFN3O3. The minimum atomic E-state index is -0.888. The first kappa shape index (κ1) is 21.3. The number of likely N-dealkylation sites (N-methyl/N-ethyl adjacent to an activating group) is 1. The monoisotopic (exact) mass is 463 g/mol. The van der Waals surface area contributed by atoms with Crippen molar-refractivity contribution in [1.29, 1.82) is 0 Å². The minimum absolute atomic E-state index is 0.223. The summed E-state index contributed by atoms with van der Waals surface area (Å²) in [5.74, 6) is -2.08. The average molecular weight is 464 g/mol. The third-order valence-corrected chi connectivity index (χ3v) is 5.31. The Balaban J connectivity index is 1.49. The number of hydrogen-bond acceptors (Lipinski definition) is 5. The smallest absolute Gasteiger partial charge is 0.341 e. The molecule has 0 aliphatic carbocycles. The highest BCUT2D eigenvalue weighted by atomic mass is 79.9. The number of carbonyl (C=O) groups is 2. The molecule has 6 nitrogen and oxygen atoms in total. The number of nitrogens with one attached hydrogen (secondary N) is 1.